The lowest BCUT2D eigenvalue weighted by molar-refractivity contribution is -0.132. The van der Waals surface area contributed by atoms with Crippen molar-refractivity contribution in [2.45, 2.75) is 29.9 Å². The van der Waals surface area contributed by atoms with E-state index >= 15 is 0 Å². The molecule has 1 aliphatic heterocycles. The van der Waals surface area contributed by atoms with Gasteiger partial charge in [0.1, 0.15) is 5.60 Å². The van der Waals surface area contributed by atoms with Crippen LogP contribution in [-0.4, -0.2) is 32.4 Å². The highest BCUT2D eigenvalue weighted by Gasteiger charge is 2.64. The van der Waals surface area contributed by atoms with E-state index in [4.69, 9.17) is 4.74 Å². The smallest absolute Gasteiger partial charge is 0.361 e. The number of hydrogen-bond acceptors (Lipinski definition) is 3. The van der Waals surface area contributed by atoms with Crippen molar-refractivity contribution >= 4 is 22.3 Å². The largest absolute Gasteiger partial charge is 0.378 e. The highest BCUT2D eigenvalue weighted by molar-refractivity contribution is 7.84. The molecular formula is C19H18N2O3S. The van der Waals surface area contributed by atoms with Gasteiger partial charge < -0.3 is 10.3 Å². The summed E-state index contributed by atoms with van der Waals surface area (Å²) < 4.78 is 17.9. The van der Waals surface area contributed by atoms with Gasteiger partial charge in [0.25, 0.3) is 5.78 Å². The number of hydrogen-bond donors (Lipinski definition) is 0. The summed E-state index contributed by atoms with van der Waals surface area (Å²) >= 11 is 0. The average molecular weight is 354 g/mol. The molecule has 2 aromatic rings. The number of Topliss-reactive ketones (excluding diaryl/α,β-unsaturated/α-hetero) is 1. The molecule has 1 heterocycles. The normalized spacial score (nSPS) is 23.3. The van der Waals surface area contributed by atoms with Gasteiger partial charge in [-0.3, -0.25) is 9.00 Å². The van der Waals surface area contributed by atoms with Crippen LogP contribution in [0.5, 0.6) is 0 Å². The quantitative estimate of drug-likeness (QED) is 0.628. The summed E-state index contributed by atoms with van der Waals surface area (Å²) in [5.41, 5.74) is 8.42. The lowest BCUT2D eigenvalue weighted by Crippen LogP contribution is -2.37. The molecule has 0 N–H and O–H groups in total. The van der Waals surface area contributed by atoms with Gasteiger partial charge in [-0.2, -0.15) is 4.79 Å². The predicted octanol–water partition coefficient (Wildman–Crippen LogP) is 2.72. The van der Waals surface area contributed by atoms with E-state index < -0.39 is 22.0 Å². The molecule has 128 valence electrons. The highest BCUT2D eigenvalue weighted by atomic mass is 32.2. The van der Waals surface area contributed by atoms with Gasteiger partial charge in [0.15, 0.2) is 0 Å². The third kappa shape index (κ3) is 2.68. The van der Waals surface area contributed by atoms with Crippen LogP contribution in [0, 0.1) is 0 Å². The van der Waals surface area contributed by atoms with Gasteiger partial charge in [0.05, 0.1) is 0 Å². The van der Waals surface area contributed by atoms with Crippen LogP contribution in [-0.2, 0) is 25.9 Å². The second kappa shape index (κ2) is 6.15. The summed E-state index contributed by atoms with van der Waals surface area (Å²) in [6.07, 6.45) is 1.60. The zero-order valence-electron chi connectivity index (χ0n) is 14.2. The van der Waals surface area contributed by atoms with Crippen LogP contribution >= 0.6 is 0 Å². The molecule has 0 amide bonds. The Labute approximate surface area is 148 Å². The van der Waals surface area contributed by atoms with Crippen LogP contribution in [0.3, 0.4) is 0 Å². The monoisotopic (exact) mass is 354 g/mol. The van der Waals surface area contributed by atoms with E-state index in [1.165, 1.54) is 0 Å². The van der Waals surface area contributed by atoms with Gasteiger partial charge in [0.2, 0.25) is 5.60 Å². The Morgan fingerprint density at radius 1 is 1.00 bits per heavy atom. The second-order valence-corrected chi connectivity index (χ2v) is 7.80. The molecule has 2 unspecified atom stereocenters. The zero-order chi connectivity index (χ0) is 18.2. The fraction of sp³-hybridized carbons (Fsp3) is 0.263. The average Bonchev–Trinajstić information content (AvgIpc) is 2.82. The van der Waals surface area contributed by atoms with E-state index in [-0.39, 0.29) is 11.5 Å². The summed E-state index contributed by atoms with van der Waals surface area (Å²) in [7, 11) is -1.12. The van der Waals surface area contributed by atoms with Gasteiger partial charge in [0, 0.05) is 33.1 Å². The topological polar surface area (TPSA) is 79.8 Å². The number of rotatable bonds is 3. The molecule has 1 saturated heterocycles. The number of ether oxygens (including phenoxy) is 1. The van der Waals surface area contributed by atoms with Gasteiger partial charge in [-0.1, -0.05) is 42.5 Å². The molecule has 0 aliphatic carbocycles. The van der Waals surface area contributed by atoms with Crippen LogP contribution < -0.4 is 0 Å². The molecule has 0 aromatic heterocycles. The molecule has 25 heavy (non-hydrogen) atoms. The van der Waals surface area contributed by atoms with Gasteiger partial charge in [-0.15, -0.1) is 0 Å². The molecule has 0 radical (unpaired) electrons. The van der Waals surface area contributed by atoms with Crippen LogP contribution in [0.15, 0.2) is 59.5 Å². The fourth-order valence-corrected chi connectivity index (χ4v) is 3.67. The van der Waals surface area contributed by atoms with E-state index in [1.807, 2.05) is 30.3 Å². The van der Waals surface area contributed by atoms with Crippen LogP contribution in [0.25, 0.3) is 5.53 Å². The maximum atomic E-state index is 12.7. The van der Waals surface area contributed by atoms with Crippen molar-refractivity contribution in [1.29, 1.82) is 0 Å². The first-order chi connectivity index (χ1) is 11.8. The Hall–Kier alpha value is -2.40. The minimum absolute atomic E-state index is 0.0610. The lowest BCUT2D eigenvalue weighted by atomic mass is 9.81. The lowest BCUT2D eigenvalue weighted by Gasteiger charge is -2.28. The summed E-state index contributed by atoms with van der Waals surface area (Å²) in [5, 5.41) is 0. The van der Waals surface area contributed by atoms with Crippen LogP contribution in [0.1, 0.15) is 25.0 Å². The number of benzene rings is 2. The summed E-state index contributed by atoms with van der Waals surface area (Å²) in [6.45, 7) is 3.31. The first-order valence-electron chi connectivity index (χ1n) is 7.80. The number of ketones is 1. The summed E-state index contributed by atoms with van der Waals surface area (Å²) in [5.74, 6) is -0.373. The van der Waals surface area contributed by atoms with Gasteiger partial charge >= 0.3 is 5.71 Å². The molecule has 2 aromatic carbocycles. The Bertz CT molecular complexity index is 900. The maximum Gasteiger partial charge on any atom is 0.378 e. The van der Waals surface area contributed by atoms with Gasteiger partial charge in [-0.25, -0.2) is 0 Å². The predicted molar refractivity (Wildman–Crippen MR) is 94.8 cm³/mol. The first-order valence-corrected chi connectivity index (χ1v) is 9.36. The van der Waals surface area contributed by atoms with Crippen molar-refractivity contribution in [3.63, 3.8) is 0 Å². The van der Waals surface area contributed by atoms with Crippen molar-refractivity contribution in [2.24, 2.45) is 0 Å². The highest BCUT2D eigenvalue weighted by Crippen LogP contribution is 2.44. The van der Waals surface area contributed by atoms with Crippen LogP contribution in [0.2, 0.25) is 0 Å². The third-order valence-corrected chi connectivity index (χ3v) is 5.31. The summed E-state index contributed by atoms with van der Waals surface area (Å²) in [4.78, 5) is 16.7. The minimum Gasteiger partial charge on any atom is -0.361 e. The number of nitrogens with zero attached hydrogens (tertiary/aromatic N) is 2. The van der Waals surface area contributed by atoms with Crippen molar-refractivity contribution in [3.05, 3.63) is 71.3 Å². The Kier molecular flexibility index (Phi) is 4.29. The van der Waals surface area contributed by atoms with E-state index in [9.17, 15) is 14.5 Å². The summed E-state index contributed by atoms with van der Waals surface area (Å²) in [6, 6.07) is 16.1. The molecule has 6 heteroatoms. The number of carbonyl (C=O) groups is 1. The third-order valence-electron chi connectivity index (χ3n) is 4.38. The van der Waals surface area contributed by atoms with Crippen molar-refractivity contribution in [2.75, 3.05) is 6.26 Å². The Morgan fingerprint density at radius 2 is 1.56 bits per heavy atom. The zero-order valence-corrected chi connectivity index (χ0v) is 15.0. The molecule has 0 saturated carbocycles. The first kappa shape index (κ1) is 17.4. The molecule has 0 spiro atoms. The van der Waals surface area contributed by atoms with E-state index in [2.05, 4.69) is 4.79 Å². The van der Waals surface area contributed by atoms with Crippen molar-refractivity contribution < 1.29 is 18.5 Å². The van der Waals surface area contributed by atoms with Crippen molar-refractivity contribution in [1.82, 2.24) is 0 Å². The van der Waals surface area contributed by atoms with Crippen LogP contribution in [0.4, 0.5) is 0 Å². The molecule has 1 fully saturated rings. The maximum absolute atomic E-state index is 12.7. The second-order valence-electron chi connectivity index (χ2n) is 6.42. The van der Waals surface area contributed by atoms with E-state index in [1.54, 1.807) is 44.4 Å². The van der Waals surface area contributed by atoms with Crippen molar-refractivity contribution in [3.8, 4) is 0 Å². The Balaban J connectivity index is 2.30. The molecule has 5 nitrogen and oxygen atoms in total. The molecule has 3 rings (SSSR count). The van der Waals surface area contributed by atoms with E-state index in [0.29, 0.717) is 16.0 Å². The molecule has 0 bridgehead atoms. The minimum atomic E-state index is -1.32. The fourth-order valence-electron chi connectivity index (χ4n) is 3.15. The standard InChI is InChI=1S/C19H18N2O3S/c1-18(2)17(22)16(21-20)19(24-18,13-7-5-4-6-8-13)14-9-11-15(12-10-14)25(3)23/h4-12H,1-3H3. The molecule has 1 aliphatic rings. The molecular weight excluding hydrogens is 336 g/mol. The Morgan fingerprint density at radius 3 is 2.08 bits per heavy atom. The SMILES string of the molecule is CS(=O)c1ccc(C2(c3ccccc3)OC(C)(C)C(=O)C2=[N+]=[N-])cc1. The van der Waals surface area contributed by atoms with E-state index in [0.717, 1.165) is 0 Å². The number of carbonyl (C=O) groups excluding carboxylic acids is 1. The molecule has 2 atom stereocenters. The van der Waals surface area contributed by atoms with Gasteiger partial charge in [-0.05, 0) is 26.0 Å².